The summed E-state index contributed by atoms with van der Waals surface area (Å²) >= 11 is 0. The molecule has 0 aliphatic carbocycles. The fourth-order valence-corrected chi connectivity index (χ4v) is 6.59. The highest BCUT2D eigenvalue weighted by atomic mass is 32.3. The van der Waals surface area contributed by atoms with Crippen molar-refractivity contribution >= 4 is 20.8 Å². The molecule has 1 saturated heterocycles. The molecule has 1 fully saturated rings. The zero-order valence-corrected chi connectivity index (χ0v) is 18.6. The number of rotatable bonds is 5. The second-order valence-electron chi connectivity index (χ2n) is 7.03. The van der Waals surface area contributed by atoms with E-state index in [1.165, 1.54) is 18.2 Å². The Labute approximate surface area is 185 Å². The summed E-state index contributed by atoms with van der Waals surface area (Å²) in [5, 5.41) is 0. The number of ether oxygens (including phenoxy) is 3. The molecule has 13 heteroatoms. The van der Waals surface area contributed by atoms with Gasteiger partial charge in [0.1, 0.15) is 19.0 Å². The Morgan fingerprint density at radius 1 is 0.906 bits per heavy atom. The van der Waals surface area contributed by atoms with Crippen molar-refractivity contribution in [1.82, 2.24) is 8.61 Å². The third-order valence-electron chi connectivity index (χ3n) is 5.14. The predicted octanol–water partition coefficient (Wildman–Crippen LogP) is 1.87. The minimum Gasteiger partial charge on any atom is -0.593 e. The van der Waals surface area contributed by atoms with Gasteiger partial charge in [0.25, 0.3) is 4.90 Å². The van der Waals surface area contributed by atoms with Crippen LogP contribution in [-0.2, 0) is 29.2 Å². The van der Waals surface area contributed by atoms with Gasteiger partial charge in [0.2, 0.25) is 0 Å². The summed E-state index contributed by atoms with van der Waals surface area (Å²) < 4.78 is 97.5. The maximum atomic E-state index is 14.3. The molecule has 4 rings (SSSR count). The molecule has 0 N–H and O–H groups in total. The monoisotopic (exact) mass is 490 g/mol. The Balaban J connectivity index is 1.53. The van der Waals surface area contributed by atoms with E-state index in [2.05, 4.69) is 0 Å². The minimum absolute atomic E-state index is 0.00990. The van der Waals surface area contributed by atoms with Crippen molar-refractivity contribution in [2.45, 2.75) is 9.79 Å². The van der Waals surface area contributed by atoms with Crippen molar-refractivity contribution in [2.24, 2.45) is 0 Å². The molecule has 2 unspecified atom stereocenters. The van der Waals surface area contributed by atoms with Gasteiger partial charge in [-0.05, 0) is 12.1 Å². The van der Waals surface area contributed by atoms with Crippen LogP contribution in [0, 0.1) is 11.6 Å². The van der Waals surface area contributed by atoms with E-state index in [4.69, 9.17) is 14.2 Å². The van der Waals surface area contributed by atoms with Crippen LogP contribution in [0.4, 0.5) is 8.78 Å². The molecule has 2 aromatic carbocycles. The molecule has 2 aliphatic heterocycles. The van der Waals surface area contributed by atoms with Gasteiger partial charge >= 0.3 is 0 Å². The first kappa shape index (κ1) is 23.0. The Hall–Kier alpha value is -2.16. The Morgan fingerprint density at radius 3 is 2.12 bits per heavy atom. The smallest absolute Gasteiger partial charge is 0.252 e. The lowest BCUT2D eigenvalue weighted by Crippen LogP contribution is -2.53. The fourth-order valence-electron chi connectivity index (χ4n) is 3.55. The third kappa shape index (κ3) is 4.11. The number of piperazine rings is 1. The molecule has 2 aromatic rings. The van der Waals surface area contributed by atoms with Gasteiger partial charge in [-0.3, -0.25) is 0 Å². The molecule has 0 radical (unpaired) electrons. The summed E-state index contributed by atoms with van der Waals surface area (Å²) in [7, 11) is -7.21. The molecule has 0 bridgehead atoms. The topological polar surface area (TPSA) is 114 Å². The molecule has 174 valence electrons. The van der Waals surface area contributed by atoms with Crippen LogP contribution < -0.4 is 14.2 Å². The number of nitrogens with zero attached hydrogens (tertiary/aromatic N) is 2. The number of fused-ring (bicyclic) bond motifs is 1. The number of benzene rings is 2. The van der Waals surface area contributed by atoms with E-state index in [0.29, 0.717) is 30.8 Å². The van der Waals surface area contributed by atoms with Gasteiger partial charge in [-0.2, -0.15) is 0 Å². The third-order valence-corrected chi connectivity index (χ3v) is 8.99. The molecule has 0 spiro atoms. The summed E-state index contributed by atoms with van der Waals surface area (Å²) in [4.78, 5) is -0.797. The summed E-state index contributed by atoms with van der Waals surface area (Å²) in [6.07, 6.45) is 0. The zero-order chi connectivity index (χ0) is 23.1. The van der Waals surface area contributed by atoms with Crippen molar-refractivity contribution < 1.29 is 40.5 Å². The highest BCUT2D eigenvalue weighted by Gasteiger charge is 2.43. The van der Waals surface area contributed by atoms with Crippen LogP contribution in [0.25, 0.3) is 0 Å². The van der Waals surface area contributed by atoms with Crippen LogP contribution in [0.5, 0.6) is 17.2 Å². The molecular weight excluding hydrogens is 470 g/mol. The van der Waals surface area contributed by atoms with Crippen LogP contribution >= 0.6 is 0 Å². The predicted molar refractivity (Wildman–Crippen MR) is 108 cm³/mol. The van der Waals surface area contributed by atoms with E-state index < -0.39 is 43.1 Å². The maximum Gasteiger partial charge on any atom is 0.252 e. The van der Waals surface area contributed by atoms with Crippen molar-refractivity contribution in [1.29, 1.82) is 0 Å². The molecule has 32 heavy (non-hydrogen) atoms. The van der Waals surface area contributed by atoms with Gasteiger partial charge < -0.3 is 23.3 Å². The average molecular weight is 491 g/mol. The van der Waals surface area contributed by atoms with E-state index in [9.17, 15) is 26.3 Å². The largest absolute Gasteiger partial charge is 0.593 e. The van der Waals surface area contributed by atoms with Crippen molar-refractivity contribution in [3.63, 3.8) is 0 Å². The SMILES string of the molecule is COc1cc(F)cc(F)c1[S+](=O)([O-])N1CCN([S+](=O)([O-])c2ccc3c(c2)OCCO3)CC1. The van der Waals surface area contributed by atoms with Crippen molar-refractivity contribution in [2.75, 3.05) is 46.5 Å². The summed E-state index contributed by atoms with van der Waals surface area (Å²) in [5.74, 6) is -1.96. The number of methoxy groups -OCH3 is 1. The van der Waals surface area contributed by atoms with E-state index in [-0.39, 0.29) is 31.1 Å². The van der Waals surface area contributed by atoms with Gasteiger partial charge in [-0.15, -0.1) is 8.61 Å². The quantitative estimate of drug-likeness (QED) is 0.588. The lowest BCUT2D eigenvalue weighted by Gasteiger charge is -2.36. The maximum absolute atomic E-state index is 14.3. The normalized spacial score (nSPS) is 20.9. The first-order valence-electron chi connectivity index (χ1n) is 9.57. The molecular formula is C19H20F2N2O7S2. The summed E-state index contributed by atoms with van der Waals surface area (Å²) in [5.41, 5.74) is 0. The summed E-state index contributed by atoms with van der Waals surface area (Å²) in [6.45, 7) is -0.0636. The Kier molecular flexibility index (Phi) is 6.22. The number of hydrogen-bond donors (Lipinski definition) is 0. The second kappa shape index (κ2) is 8.65. The van der Waals surface area contributed by atoms with Gasteiger partial charge in [-0.1, -0.05) is 8.42 Å². The zero-order valence-electron chi connectivity index (χ0n) is 17.0. The number of sulfonamides is 2. The second-order valence-corrected chi connectivity index (χ2v) is 10.8. The Bertz CT molecular complexity index is 1130. The molecule has 0 amide bonds. The Morgan fingerprint density at radius 2 is 1.50 bits per heavy atom. The van der Waals surface area contributed by atoms with Crippen LogP contribution in [0.3, 0.4) is 0 Å². The lowest BCUT2D eigenvalue weighted by molar-refractivity contribution is 0.171. The van der Waals surface area contributed by atoms with E-state index >= 15 is 0 Å². The molecule has 0 saturated carbocycles. The van der Waals surface area contributed by atoms with Gasteiger partial charge in [0.15, 0.2) is 48.8 Å². The minimum atomic E-state index is -4.39. The van der Waals surface area contributed by atoms with Crippen LogP contribution in [-0.4, -0.2) is 64.2 Å². The van der Waals surface area contributed by atoms with Crippen LogP contribution in [0.2, 0.25) is 0 Å². The molecule has 0 aromatic heterocycles. The van der Waals surface area contributed by atoms with Gasteiger partial charge in [-0.25, -0.2) is 8.78 Å². The standard InChI is InChI=1S/C19H20F2N2O7S2/c1-28-18-11-13(20)10-15(21)19(18)32(26,27)23-6-4-22(5-7-23)31(24,25)14-2-3-16-17(12-14)30-9-8-29-16/h2-3,10-12H,4-9H2,1H3. The molecule has 2 aliphatic rings. The first-order valence-corrected chi connectivity index (χ1v) is 12.5. The van der Waals surface area contributed by atoms with E-state index in [1.807, 2.05) is 0 Å². The molecule has 2 heterocycles. The molecule has 9 nitrogen and oxygen atoms in total. The highest BCUT2D eigenvalue weighted by molar-refractivity contribution is 7.96. The summed E-state index contributed by atoms with van der Waals surface area (Å²) in [6, 6.07) is 5.50. The first-order chi connectivity index (χ1) is 15.1. The van der Waals surface area contributed by atoms with Gasteiger partial charge in [0.05, 0.1) is 33.3 Å². The van der Waals surface area contributed by atoms with Crippen molar-refractivity contribution in [3.8, 4) is 17.2 Å². The van der Waals surface area contributed by atoms with Crippen molar-refractivity contribution in [3.05, 3.63) is 42.0 Å². The van der Waals surface area contributed by atoms with E-state index in [1.54, 1.807) is 0 Å². The number of halogens is 2. The lowest BCUT2D eigenvalue weighted by atomic mass is 10.3. The average Bonchev–Trinajstić information content (AvgIpc) is 2.78. The molecule has 2 atom stereocenters. The van der Waals surface area contributed by atoms with E-state index in [0.717, 1.165) is 21.8 Å². The highest BCUT2D eigenvalue weighted by Crippen LogP contribution is 2.37. The van der Waals surface area contributed by atoms with Gasteiger partial charge in [0, 0.05) is 18.2 Å². The van der Waals surface area contributed by atoms with Crippen LogP contribution in [0.1, 0.15) is 0 Å². The number of hydrogen-bond acceptors (Lipinski definition) is 7. The van der Waals surface area contributed by atoms with Crippen LogP contribution in [0.15, 0.2) is 40.1 Å². The fraction of sp³-hybridized carbons (Fsp3) is 0.368.